The fraction of sp³-hybridized carbons (Fsp3) is 0.120. The van der Waals surface area contributed by atoms with Gasteiger partial charge in [0.15, 0.2) is 0 Å². The van der Waals surface area contributed by atoms with Crippen LogP contribution < -0.4 is 5.73 Å². The van der Waals surface area contributed by atoms with Crippen LogP contribution in [-0.2, 0) is 6.54 Å². The van der Waals surface area contributed by atoms with Gasteiger partial charge in [0.25, 0.3) is 0 Å². The Hall–Kier alpha value is -3.50. The van der Waals surface area contributed by atoms with E-state index in [4.69, 9.17) is 5.73 Å². The van der Waals surface area contributed by atoms with Crippen molar-refractivity contribution in [1.82, 2.24) is 4.98 Å². The lowest BCUT2D eigenvalue weighted by Gasteiger charge is -2.11. The van der Waals surface area contributed by atoms with Gasteiger partial charge in [-0.15, -0.1) is 0 Å². The van der Waals surface area contributed by atoms with Gasteiger partial charge in [0.05, 0.1) is 16.8 Å². The number of rotatable bonds is 3. The van der Waals surface area contributed by atoms with E-state index in [2.05, 4.69) is 36.2 Å². The first-order valence-corrected chi connectivity index (χ1v) is 9.45. The number of benzene rings is 3. The van der Waals surface area contributed by atoms with Crippen LogP contribution in [0.5, 0.6) is 0 Å². The highest BCUT2D eigenvalue weighted by molar-refractivity contribution is 6.05. The number of pyridine rings is 1. The van der Waals surface area contributed by atoms with E-state index in [1.54, 1.807) is 6.07 Å². The molecule has 3 N–H and O–H groups in total. The number of aromatic nitrogens is 1. The lowest BCUT2D eigenvalue weighted by molar-refractivity contribution is 0.0698. The van der Waals surface area contributed by atoms with E-state index in [1.807, 2.05) is 55.5 Å². The van der Waals surface area contributed by atoms with Crippen molar-refractivity contribution in [3.8, 4) is 11.3 Å². The fourth-order valence-corrected chi connectivity index (χ4v) is 3.18. The number of hydrogen-bond donors (Lipinski definition) is 2. The highest BCUT2D eigenvalue weighted by Gasteiger charge is 2.17. The molecule has 4 nitrogen and oxygen atoms in total. The molecule has 0 fully saturated rings. The average molecular weight is 384 g/mol. The Bertz CT molecular complexity index is 1120. The van der Waals surface area contributed by atoms with Crippen LogP contribution in [0.3, 0.4) is 0 Å². The molecule has 0 spiro atoms. The summed E-state index contributed by atoms with van der Waals surface area (Å²) in [4.78, 5) is 16.2. The Morgan fingerprint density at radius 3 is 2.14 bits per heavy atom. The topological polar surface area (TPSA) is 76.2 Å². The third kappa shape index (κ3) is 4.68. The van der Waals surface area contributed by atoms with Crippen LogP contribution in [0.2, 0.25) is 0 Å². The van der Waals surface area contributed by atoms with E-state index < -0.39 is 5.97 Å². The third-order valence-electron chi connectivity index (χ3n) is 4.75. The van der Waals surface area contributed by atoms with Crippen LogP contribution in [0.25, 0.3) is 22.2 Å². The maximum absolute atomic E-state index is 11.6. The van der Waals surface area contributed by atoms with Crippen molar-refractivity contribution in [2.45, 2.75) is 20.4 Å². The van der Waals surface area contributed by atoms with Crippen molar-refractivity contribution in [2.75, 3.05) is 0 Å². The number of aryl methyl sites for hydroxylation is 1. The first kappa shape index (κ1) is 20.2. The SMILES string of the molecule is Cc1c(-c2ccccc2)nc2ccccc2c1C(=O)O.Cc1ccc(CN)cc1. The lowest BCUT2D eigenvalue weighted by atomic mass is 9.98. The van der Waals surface area contributed by atoms with Gasteiger partial charge in [-0.2, -0.15) is 0 Å². The van der Waals surface area contributed by atoms with Crippen LogP contribution >= 0.6 is 0 Å². The molecule has 0 aliphatic carbocycles. The van der Waals surface area contributed by atoms with Crippen LogP contribution in [0, 0.1) is 13.8 Å². The smallest absolute Gasteiger partial charge is 0.336 e. The van der Waals surface area contributed by atoms with E-state index in [9.17, 15) is 9.90 Å². The van der Waals surface area contributed by atoms with Crippen molar-refractivity contribution in [3.63, 3.8) is 0 Å². The Kier molecular flexibility index (Phi) is 6.37. The predicted octanol–water partition coefficient (Wildman–Crippen LogP) is 5.36. The molecule has 3 aromatic carbocycles. The molecule has 0 unspecified atom stereocenters. The summed E-state index contributed by atoms with van der Waals surface area (Å²) in [5, 5.41) is 10.2. The van der Waals surface area contributed by atoms with E-state index in [0.717, 1.165) is 11.3 Å². The van der Waals surface area contributed by atoms with Crippen LogP contribution in [0.4, 0.5) is 0 Å². The summed E-state index contributed by atoms with van der Waals surface area (Å²) < 4.78 is 0. The molecule has 0 saturated carbocycles. The molecule has 146 valence electrons. The van der Waals surface area contributed by atoms with Crippen molar-refractivity contribution < 1.29 is 9.90 Å². The number of carboxylic acids is 1. The van der Waals surface area contributed by atoms with Crippen molar-refractivity contribution >= 4 is 16.9 Å². The lowest BCUT2D eigenvalue weighted by Crippen LogP contribution is -2.04. The summed E-state index contributed by atoms with van der Waals surface area (Å²) in [7, 11) is 0. The Labute approximate surface area is 170 Å². The number of carboxylic acid groups (broad SMARTS) is 1. The van der Waals surface area contributed by atoms with E-state index in [0.29, 0.717) is 28.6 Å². The quantitative estimate of drug-likeness (QED) is 0.498. The number of nitrogens with zero attached hydrogens (tertiary/aromatic N) is 1. The number of aromatic carboxylic acids is 1. The second-order valence-electron chi connectivity index (χ2n) is 6.84. The monoisotopic (exact) mass is 384 g/mol. The van der Waals surface area contributed by atoms with E-state index in [1.165, 1.54) is 11.1 Å². The van der Waals surface area contributed by atoms with Crippen molar-refractivity contribution in [1.29, 1.82) is 0 Å². The summed E-state index contributed by atoms with van der Waals surface area (Å²) >= 11 is 0. The molecule has 29 heavy (non-hydrogen) atoms. The minimum Gasteiger partial charge on any atom is -0.478 e. The minimum absolute atomic E-state index is 0.328. The molecular formula is C25H24N2O2. The number of carbonyl (C=O) groups is 1. The second-order valence-corrected chi connectivity index (χ2v) is 6.84. The summed E-state index contributed by atoms with van der Waals surface area (Å²) in [5.74, 6) is -0.918. The van der Waals surface area contributed by atoms with Gasteiger partial charge in [-0.25, -0.2) is 9.78 Å². The molecule has 0 amide bonds. The molecule has 0 aliphatic rings. The molecule has 1 aromatic heterocycles. The molecule has 0 atom stereocenters. The molecule has 4 heteroatoms. The van der Waals surface area contributed by atoms with Crippen LogP contribution in [0.15, 0.2) is 78.9 Å². The predicted molar refractivity (Wildman–Crippen MR) is 118 cm³/mol. The van der Waals surface area contributed by atoms with Crippen LogP contribution in [-0.4, -0.2) is 16.1 Å². The normalized spacial score (nSPS) is 10.3. The minimum atomic E-state index is -0.918. The Morgan fingerprint density at radius 1 is 0.897 bits per heavy atom. The zero-order valence-electron chi connectivity index (χ0n) is 16.6. The zero-order chi connectivity index (χ0) is 20.8. The van der Waals surface area contributed by atoms with E-state index in [-0.39, 0.29) is 0 Å². The van der Waals surface area contributed by atoms with Gasteiger partial charge in [-0.3, -0.25) is 0 Å². The number of para-hydroxylation sites is 1. The average Bonchev–Trinajstić information content (AvgIpc) is 2.74. The fourth-order valence-electron chi connectivity index (χ4n) is 3.18. The molecule has 0 saturated heterocycles. The standard InChI is InChI=1S/C17H13NO2.C8H11N/c1-11-15(17(19)20)13-9-5-6-10-14(13)18-16(11)12-7-3-2-4-8-12;1-7-2-4-8(6-9)5-3-7/h2-10H,1H3,(H,19,20);2-5H,6,9H2,1H3. The van der Waals surface area contributed by atoms with Gasteiger partial charge in [-0.1, -0.05) is 78.4 Å². The maximum Gasteiger partial charge on any atom is 0.336 e. The molecule has 4 aromatic rings. The van der Waals surface area contributed by atoms with Crippen molar-refractivity contribution in [3.05, 3.63) is 101 Å². The van der Waals surface area contributed by atoms with Gasteiger partial charge in [-0.05, 0) is 31.0 Å². The van der Waals surface area contributed by atoms with Gasteiger partial charge >= 0.3 is 5.97 Å². The summed E-state index contributed by atoms with van der Waals surface area (Å²) in [6.45, 7) is 4.52. The first-order chi connectivity index (χ1) is 14.0. The van der Waals surface area contributed by atoms with Gasteiger partial charge in [0, 0.05) is 17.5 Å². The van der Waals surface area contributed by atoms with Crippen molar-refractivity contribution in [2.24, 2.45) is 5.73 Å². The summed E-state index contributed by atoms with van der Waals surface area (Å²) in [6.07, 6.45) is 0. The molecule has 0 aliphatic heterocycles. The molecule has 0 radical (unpaired) electrons. The van der Waals surface area contributed by atoms with Gasteiger partial charge in [0.2, 0.25) is 0 Å². The van der Waals surface area contributed by atoms with E-state index >= 15 is 0 Å². The van der Waals surface area contributed by atoms with Gasteiger partial charge < -0.3 is 10.8 Å². The molecule has 4 rings (SSSR count). The molecule has 1 heterocycles. The number of nitrogens with two attached hydrogens (primary N) is 1. The highest BCUT2D eigenvalue weighted by Crippen LogP contribution is 2.29. The Morgan fingerprint density at radius 2 is 1.52 bits per heavy atom. The number of hydrogen-bond acceptors (Lipinski definition) is 3. The Balaban J connectivity index is 0.000000224. The summed E-state index contributed by atoms with van der Waals surface area (Å²) in [6, 6.07) is 25.2. The summed E-state index contributed by atoms with van der Waals surface area (Å²) in [5.41, 5.74) is 11.3. The molecule has 0 bridgehead atoms. The third-order valence-corrected chi connectivity index (χ3v) is 4.75. The second kappa shape index (κ2) is 9.13. The number of fused-ring (bicyclic) bond motifs is 1. The zero-order valence-corrected chi connectivity index (χ0v) is 16.6. The maximum atomic E-state index is 11.6. The molecular weight excluding hydrogens is 360 g/mol. The largest absolute Gasteiger partial charge is 0.478 e. The van der Waals surface area contributed by atoms with Crippen LogP contribution in [0.1, 0.15) is 27.0 Å². The highest BCUT2D eigenvalue weighted by atomic mass is 16.4. The van der Waals surface area contributed by atoms with Gasteiger partial charge in [0.1, 0.15) is 0 Å². The first-order valence-electron chi connectivity index (χ1n) is 9.45.